The Morgan fingerprint density at radius 2 is 1.88 bits per heavy atom. The van der Waals surface area contributed by atoms with Crippen LogP contribution in [-0.4, -0.2) is 19.1 Å². The van der Waals surface area contributed by atoms with Crippen LogP contribution in [0.15, 0.2) is 30.3 Å². The molecule has 2 aliphatic heterocycles. The first-order chi connectivity index (χ1) is 7.83. The van der Waals surface area contributed by atoms with Gasteiger partial charge >= 0.3 is 0 Å². The first-order valence-electron chi connectivity index (χ1n) is 5.77. The van der Waals surface area contributed by atoms with E-state index in [1.54, 1.807) is 0 Å². The quantitative estimate of drug-likeness (QED) is 0.726. The standard InChI is InChI=1S/C13H15NO2/c15-12-13(6-8-16-9-7-13)11(14-12)10-4-2-1-3-5-10/h1-5,11H,6-9H2,(H,14,15)/t11-/m1/s1. The van der Waals surface area contributed by atoms with Gasteiger partial charge in [-0.1, -0.05) is 30.3 Å². The molecule has 1 atom stereocenters. The van der Waals surface area contributed by atoms with Crippen molar-refractivity contribution < 1.29 is 9.53 Å². The number of rotatable bonds is 1. The summed E-state index contributed by atoms with van der Waals surface area (Å²) in [6.45, 7) is 1.41. The highest BCUT2D eigenvalue weighted by molar-refractivity contribution is 5.90. The van der Waals surface area contributed by atoms with E-state index >= 15 is 0 Å². The van der Waals surface area contributed by atoms with Crippen LogP contribution >= 0.6 is 0 Å². The molecule has 0 radical (unpaired) electrons. The summed E-state index contributed by atoms with van der Waals surface area (Å²) in [5, 5.41) is 3.03. The molecule has 0 bridgehead atoms. The molecule has 0 saturated carbocycles. The molecular formula is C13H15NO2. The summed E-state index contributed by atoms with van der Waals surface area (Å²) in [5.41, 5.74) is 1.02. The van der Waals surface area contributed by atoms with Crippen molar-refractivity contribution in [1.82, 2.24) is 5.32 Å². The monoisotopic (exact) mass is 217 g/mol. The van der Waals surface area contributed by atoms with Crippen molar-refractivity contribution in [2.75, 3.05) is 13.2 Å². The Kier molecular flexibility index (Phi) is 2.21. The summed E-state index contributed by atoms with van der Waals surface area (Å²) in [6.07, 6.45) is 1.69. The van der Waals surface area contributed by atoms with Gasteiger partial charge in [0.25, 0.3) is 0 Å². The molecule has 2 heterocycles. The fourth-order valence-electron chi connectivity index (χ4n) is 2.77. The number of β-lactam (4-membered cyclic amide) rings is 1. The maximum atomic E-state index is 11.8. The van der Waals surface area contributed by atoms with Gasteiger partial charge in [-0.25, -0.2) is 0 Å². The van der Waals surface area contributed by atoms with Gasteiger partial charge in [0.2, 0.25) is 5.91 Å². The normalized spacial score (nSPS) is 27.2. The molecular weight excluding hydrogens is 202 g/mol. The average Bonchev–Trinajstić information content (AvgIpc) is 2.38. The number of carbonyl (C=O) groups is 1. The van der Waals surface area contributed by atoms with Gasteiger partial charge in [0.1, 0.15) is 0 Å². The SMILES string of the molecule is O=C1N[C@H](c2ccccc2)C12CCOCC2. The van der Waals surface area contributed by atoms with Crippen molar-refractivity contribution in [2.45, 2.75) is 18.9 Å². The molecule has 3 heteroatoms. The van der Waals surface area contributed by atoms with Crippen molar-refractivity contribution in [2.24, 2.45) is 5.41 Å². The van der Waals surface area contributed by atoms with Crippen LogP contribution in [0.1, 0.15) is 24.4 Å². The minimum Gasteiger partial charge on any atom is -0.381 e. The third-order valence-electron chi connectivity index (χ3n) is 3.80. The van der Waals surface area contributed by atoms with E-state index in [2.05, 4.69) is 17.4 Å². The van der Waals surface area contributed by atoms with E-state index < -0.39 is 0 Å². The molecule has 1 N–H and O–H groups in total. The summed E-state index contributed by atoms with van der Waals surface area (Å²) in [4.78, 5) is 11.8. The van der Waals surface area contributed by atoms with Gasteiger partial charge in [-0.2, -0.15) is 0 Å². The molecule has 0 aromatic heterocycles. The molecule has 3 nitrogen and oxygen atoms in total. The maximum absolute atomic E-state index is 11.8. The second-order valence-corrected chi connectivity index (χ2v) is 4.59. The van der Waals surface area contributed by atoms with E-state index in [9.17, 15) is 4.79 Å². The third kappa shape index (κ3) is 1.28. The van der Waals surface area contributed by atoms with Crippen LogP contribution in [0.4, 0.5) is 0 Å². The lowest BCUT2D eigenvalue weighted by atomic mass is 9.65. The highest BCUT2D eigenvalue weighted by Gasteiger charge is 2.55. The lowest BCUT2D eigenvalue weighted by Crippen LogP contribution is -2.63. The number of ether oxygens (including phenoxy) is 1. The van der Waals surface area contributed by atoms with Gasteiger partial charge < -0.3 is 10.1 Å². The largest absolute Gasteiger partial charge is 0.381 e. The number of nitrogens with one attached hydrogen (secondary N) is 1. The molecule has 2 aliphatic rings. The Morgan fingerprint density at radius 1 is 1.19 bits per heavy atom. The lowest BCUT2D eigenvalue weighted by Gasteiger charge is -2.50. The number of hydrogen-bond acceptors (Lipinski definition) is 2. The Morgan fingerprint density at radius 3 is 2.50 bits per heavy atom. The predicted octanol–water partition coefficient (Wildman–Crippen LogP) is 1.65. The molecule has 0 aliphatic carbocycles. The molecule has 1 amide bonds. The molecule has 0 unspecified atom stereocenters. The molecule has 1 spiro atoms. The molecule has 84 valence electrons. The van der Waals surface area contributed by atoms with Gasteiger partial charge in [-0.05, 0) is 18.4 Å². The van der Waals surface area contributed by atoms with E-state index in [0.717, 1.165) is 12.8 Å². The summed E-state index contributed by atoms with van der Waals surface area (Å²) < 4.78 is 5.35. The van der Waals surface area contributed by atoms with Gasteiger partial charge in [0.15, 0.2) is 0 Å². The molecule has 1 aromatic carbocycles. The van der Waals surface area contributed by atoms with Crippen LogP contribution in [0.5, 0.6) is 0 Å². The van der Waals surface area contributed by atoms with Gasteiger partial charge in [0, 0.05) is 13.2 Å². The third-order valence-corrected chi connectivity index (χ3v) is 3.80. The Bertz CT molecular complexity index is 396. The van der Waals surface area contributed by atoms with Crippen molar-refractivity contribution in [3.05, 3.63) is 35.9 Å². The highest BCUT2D eigenvalue weighted by Crippen LogP contribution is 2.49. The molecule has 16 heavy (non-hydrogen) atoms. The average molecular weight is 217 g/mol. The fourth-order valence-corrected chi connectivity index (χ4v) is 2.77. The topological polar surface area (TPSA) is 38.3 Å². The molecule has 1 aromatic rings. The second-order valence-electron chi connectivity index (χ2n) is 4.59. The zero-order valence-electron chi connectivity index (χ0n) is 9.11. The number of amides is 1. The minimum atomic E-state index is -0.195. The minimum absolute atomic E-state index is 0.185. The van der Waals surface area contributed by atoms with Crippen LogP contribution in [0.25, 0.3) is 0 Å². The van der Waals surface area contributed by atoms with E-state index in [1.807, 2.05) is 18.2 Å². The van der Waals surface area contributed by atoms with Crippen molar-refractivity contribution >= 4 is 5.91 Å². The van der Waals surface area contributed by atoms with E-state index in [0.29, 0.717) is 13.2 Å². The predicted molar refractivity (Wildman–Crippen MR) is 59.8 cm³/mol. The zero-order valence-corrected chi connectivity index (χ0v) is 9.11. The zero-order chi connectivity index (χ0) is 11.0. The van der Waals surface area contributed by atoms with Crippen LogP contribution in [0, 0.1) is 5.41 Å². The van der Waals surface area contributed by atoms with E-state index in [-0.39, 0.29) is 17.4 Å². The van der Waals surface area contributed by atoms with Crippen LogP contribution in [0.3, 0.4) is 0 Å². The van der Waals surface area contributed by atoms with E-state index in [1.165, 1.54) is 5.56 Å². The number of carbonyl (C=O) groups excluding carboxylic acids is 1. The highest BCUT2D eigenvalue weighted by atomic mass is 16.5. The summed E-state index contributed by atoms with van der Waals surface area (Å²) in [5.74, 6) is 0.199. The first-order valence-corrected chi connectivity index (χ1v) is 5.77. The van der Waals surface area contributed by atoms with E-state index in [4.69, 9.17) is 4.74 Å². The Hall–Kier alpha value is -1.35. The first kappa shape index (κ1) is 9.85. The van der Waals surface area contributed by atoms with Gasteiger partial charge in [-0.15, -0.1) is 0 Å². The molecule has 2 fully saturated rings. The Balaban J connectivity index is 1.90. The summed E-state index contributed by atoms with van der Waals surface area (Å²) in [6, 6.07) is 10.4. The van der Waals surface area contributed by atoms with Gasteiger partial charge in [0.05, 0.1) is 11.5 Å². The second kappa shape index (κ2) is 3.59. The summed E-state index contributed by atoms with van der Waals surface area (Å²) in [7, 11) is 0. The maximum Gasteiger partial charge on any atom is 0.229 e. The fraction of sp³-hybridized carbons (Fsp3) is 0.462. The Labute approximate surface area is 94.8 Å². The van der Waals surface area contributed by atoms with Crippen LogP contribution in [0.2, 0.25) is 0 Å². The summed E-state index contributed by atoms with van der Waals surface area (Å²) >= 11 is 0. The molecule has 3 rings (SSSR count). The van der Waals surface area contributed by atoms with Crippen molar-refractivity contribution in [3.63, 3.8) is 0 Å². The molecule has 2 saturated heterocycles. The van der Waals surface area contributed by atoms with Gasteiger partial charge in [-0.3, -0.25) is 4.79 Å². The number of benzene rings is 1. The lowest BCUT2D eigenvalue weighted by molar-refractivity contribution is -0.155. The smallest absolute Gasteiger partial charge is 0.229 e. The van der Waals surface area contributed by atoms with Crippen molar-refractivity contribution in [3.8, 4) is 0 Å². The number of hydrogen-bond donors (Lipinski definition) is 1. The van der Waals surface area contributed by atoms with Crippen LogP contribution < -0.4 is 5.32 Å². The van der Waals surface area contributed by atoms with Crippen molar-refractivity contribution in [1.29, 1.82) is 0 Å². The van der Waals surface area contributed by atoms with Crippen LogP contribution in [-0.2, 0) is 9.53 Å².